The Labute approximate surface area is 144 Å². The van der Waals surface area contributed by atoms with Gasteiger partial charge in [0.25, 0.3) is 5.91 Å². The molecule has 0 saturated carbocycles. The van der Waals surface area contributed by atoms with Crippen molar-refractivity contribution in [1.29, 1.82) is 0 Å². The number of nitrogens with one attached hydrogen (secondary N) is 2. The van der Waals surface area contributed by atoms with Crippen LogP contribution in [0.4, 0.5) is 0 Å². The number of hydrogen-bond donors (Lipinski definition) is 2. The fourth-order valence-corrected chi connectivity index (χ4v) is 2.30. The first-order valence-electron chi connectivity index (χ1n) is 7.09. The molecule has 1 aromatic rings. The Morgan fingerprint density at radius 3 is 2.77 bits per heavy atom. The smallest absolute Gasteiger partial charge is 0.257 e. The van der Waals surface area contributed by atoms with Crippen molar-refractivity contribution in [1.82, 2.24) is 10.6 Å². The fourth-order valence-electron chi connectivity index (χ4n) is 1.61. The molecular weight excluding hydrogens is 368 g/mol. The van der Waals surface area contributed by atoms with Crippen LogP contribution in [0.15, 0.2) is 22.7 Å². The Balaban J connectivity index is 2.51. The van der Waals surface area contributed by atoms with Gasteiger partial charge in [-0.3, -0.25) is 10.1 Å². The molecule has 1 amide bonds. The molecule has 122 valence electrons. The minimum atomic E-state index is -0.257. The molecule has 2 N–H and O–H groups in total. The lowest BCUT2D eigenvalue weighted by Crippen LogP contribution is -2.39. The lowest BCUT2D eigenvalue weighted by Gasteiger charge is -2.11. The number of halogens is 1. The topological polar surface area (TPSA) is 59.6 Å². The van der Waals surface area contributed by atoms with E-state index in [-0.39, 0.29) is 5.91 Å². The van der Waals surface area contributed by atoms with E-state index in [1.165, 1.54) is 0 Å². The van der Waals surface area contributed by atoms with Gasteiger partial charge in [-0.15, -0.1) is 0 Å². The highest BCUT2D eigenvalue weighted by atomic mass is 79.9. The van der Waals surface area contributed by atoms with Gasteiger partial charge < -0.3 is 14.8 Å². The molecule has 0 bridgehead atoms. The van der Waals surface area contributed by atoms with Crippen LogP contribution in [-0.4, -0.2) is 37.9 Å². The molecule has 0 unspecified atom stereocenters. The largest absolute Gasteiger partial charge is 0.492 e. The van der Waals surface area contributed by atoms with Crippen LogP contribution in [0.2, 0.25) is 0 Å². The summed E-state index contributed by atoms with van der Waals surface area (Å²) in [6.07, 6.45) is 1.75. The minimum absolute atomic E-state index is 0.257. The molecule has 1 aromatic carbocycles. The molecule has 1 rings (SSSR count). The summed E-state index contributed by atoms with van der Waals surface area (Å²) in [5, 5.41) is 5.91. The number of thiocarbonyl (C=S) groups is 1. The number of amides is 1. The zero-order valence-corrected chi connectivity index (χ0v) is 15.2. The van der Waals surface area contributed by atoms with Gasteiger partial charge in [-0.2, -0.15) is 0 Å². The van der Waals surface area contributed by atoms with Gasteiger partial charge in [-0.1, -0.05) is 6.92 Å². The SMILES string of the molecule is CCCOc1ccc(C(=O)NC(=S)NCCCOC)cc1Br. The molecular formula is C15H21BrN2O3S. The third kappa shape index (κ3) is 6.72. The summed E-state index contributed by atoms with van der Waals surface area (Å²) in [7, 11) is 1.64. The van der Waals surface area contributed by atoms with Gasteiger partial charge in [0.2, 0.25) is 0 Å². The van der Waals surface area contributed by atoms with Gasteiger partial charge in [0, 0.05) is 25.8 Å². The lowest BCUT2D eigenvalue weighted by molar-refractivity contribution is 0.0976. The van der Waals surface area contributed by atoms with E-state index >= 15 is 0 Å². The molecule has 7 heteroatoms. The number of carbonyl (C=O) groups excluding carboxylic acids is 1. The van der Waals surface area contributed by atoms with Gasteiger partial charge >= 0.3 is 0 Å². The second-order valence-corrected chi connectivity index (χ2v) is 5.81. The standard InChI is InChI=1S/C15H21BrN2O3S/c1-3-8-21-13-6-5-11(10-12(13)16)14(19)18-15(22)17-7-4-9-20-2/h5-6,10H,3-4,7-9H2,1-2H3,(H2,17,18,19,22). The second kappa shape index (κ2) is 10.5. The highest BCUT2D eigenvalue weighted by Crippen LogP contribution is 2.26. The van der Waals surface area contributed by atoms with Crippen LogP contribution in [0.1, 0.15) is 30.1 Å². The Hall–Kier alpha value is -1.18. The average Bonchev–Trinajstić information content (AvgIpc) is 2.50. The number of ether oxygens (including phenoxy) is 2. The van der Waals surface area contributed by atoms with Crippen molar-refractivity contribution in [2.75, 3.05) is 26.9 Å². The van der Waals surface area contributed by atoms with Crippen LogP contribution >= 0.6 is 28.1 Å². The average molecular weight is 389 g/mol. The van der Waals surface area contributed by atoms with E-state index in [2.05, 4.69) is 26.6 Å². The highest BCUT2D eigenvalue weighted by Gasteiger charge is 2.10. The lowest BCUT2D eigenvalue weighted by atomic mass is 10.2. The highest BCUT2D eigenvalue weighted by molar-refractivity contribution is 9.10. The van der Waals surface area contributed by atoms with Gasteiger partial charge in [0.15, 0.2) is 5.11 Å². The Morgan fingerprint density at radius 2 is 2.14 bits per heavy atom. The molecule has 0 aliphatic rings. The molecule has 0 aliphatic heterocycles. The molecule has 0 aliphatic carbocycles. The quantitative estimate of drug-likeness (QED) is 0.529. The summed E-state index contributed by atoms with van der Waals surface area (Å²) < 4.78 is 11.2. The molecule has 0 spiro atoms. The zero-order chi connectivity index (χ0) is 16.4. The van der Waals surface area contributed by atoms with Gasteiger partial charge in [-0.25, -0.2) is 0 Å². The maximum absolute atomic E-state index is 12.1. The summed E-state index contributed by atoms with van der Waals surface area (Å²) in [5.41, 5.74) is 0.511. The molecule has 0 aromatic heterocycles. The van der Waals surface area contributed by atoms with Crippen molar-refractivity contribution in [3.63, 3.8) is 0 Å². The molecule has 0 heterocycles. The molecule has 5 nitrogen and oxygen atoms in total. The predicted molar refractivity (Wildman–Crippen MR) is 94.5 cm³/mol. The van der Waals surface area contributed by atoms with Crippen molar-refractivity contribution in [3.8, 4) is 5.75 Å². The van der Waals surface area contributed by atoms with Crippen LogP contribution in [0, 0.1) is 0 Å². The first-order chi connectivity index (χ1) is 10.6. The van der Waals surface area contributed by atoms with Crippen LogP contribution in [0.3, 0.4) is 0 Å². The summed E-state index contributed by atoms with van der Waals surface area (Å²) >= 11 is 8.48. The number of carbonyl (C=O) groups is 1. The third-order valence-corrected chi connectivity index (χ3v) is 3.56. The van der Waals surface area contributed by atoms with Crippen LogP contribution in [0.5, 0.6) is 5.75 Å². The second-order valence-electron chi connectivity index (χ2n) is 4.55. The van der Waals surface area contributed by atoms with E-state index < -0.39 is 0 Å². The molecule has 0 saturated heterocycles. The van der Waals surface area contributed by atoms with Crippen LogP contribution in [-0.2, 0) is 4.74 Å². The van der Waals surface area contributed by atoms with Gasteiger partial charge in [0.1, 0.15) is 5.75 Å². The minimum Gasteiger partial charge on any atom is -0.492 e. The van der Waals surface area contributed by atoms with E-state index in [0.717, 1.165) is 23.1 Å². The van der Waals surface area contributed by atoms with E-state index in [4.69, 9.17) is 21.7 Å². The maximum atomic E-state index is 12.1. The van der Waals surface area contributed by atoms with Gasteiger partial charge in [0.05, 0.1) is 11.1 Å². The molecule has 22 heavy (non-hydrogen) atoms. The third-order valence-electron chi connectivity index (χ3n) is 2.69. The number of hydrogen-bond acceptors (Lipinski definition) is 4. The Bertz CT molecular complexity index is 512. The molecule has 0 atom stereocenters. The van der Waals surface area contributed by atoms with E-state index in [1.54, 1.807) is 25.3 Å². The Morgan fingerprint density at radius 1 is 1.36 bits per heavy atom. The van der Waals surface area contributed by atoms with Crippen molar-refractivity contribution in [3.05, 3.63) is 28.2 Å². The van der Waals surface area contributed by atoms with Crippen molar-refractivity contribution >= 4 is 39.2 Å². The number of methoxy groups -OCH3 is 1. The summed E-state index contributed by atoms with van der Waals surface area (Å²) in [5.74, 6) is 0.464. The summed E-state index contributed by atoms with van der Waals surface area (Å²) in [4.78, 5) is 12.1. The monoisotopic (exact) mass is 388 g/mol. The molecule has 0 radical (unpaired) electrons. The van der Waals surface area contributed by atoms with E-state index in [9.17, 15) is 4.79 Å². The normalized spacial score (nSPS) is 10.1. The van der Waals surface area contributed by atoms with Crippen molar-refractivity contribution < 1.29 is 14.3 Å². The van der Waals surface area contributed by atoms with Gasteiger partial charge in [-0.05, 0) is 59.2 Å². The van der Waals surface area contributed by atoms with Crippen molar-refractivity contribution in [2.24, 2.45) is 0 Å². The Kier molecular flexibility index (Phi) is 9.03. The van der Waals surface area contributed by atoms with Crippen molar-refractivity contribution in [2.45, 2.75) is 19.8 Å². The van der Waals surface area contributed by atoms with E-state index in [1.807, 2.05) is 6.92 Å². The first-order valence-corrected chi connectivity index (χ1v) is 8.29. The number of rotatable bonds is 8. The maximum Gasteiger partial charge on any atom is 0.257 e. The zero-order valence-electron chi connectivity index (χ0n) is 12.8. The first kappa shape index (κ1) is 18.9. The predicted octanol–water partition coefficient (Wildman–Crippen LogP) is 2.88. The fraction of sp³-hybridized carbons (Fsp3) is 0.467. The van der Waals surface area contributed by atoms with E-state index in [0.29, 0.717) is 30.4 Å². The number of benzene rings is 1. The molecule has 0 fully saturated rings. The summed E-state index contributed by atoms with van der Waals surface area (Å²) in [6.45, 7) is 3.98. The van der Waals surface area contributed by atoms with Crippen LogP contribution in [0.25, 0.3) is 0 Å². The summed E-state index contributed by atoms with van der Waals surface area (Å²) in [6, 6.07) is 5.19. The van der Waals surface area contributed by atoms with Crippen LogP contribution < -0.4 is 15.4 Å².